The van der Waals surface area contributed by atoms with E-state index in [0.29, 0.717) is 0 Å². The van der Waals surface area contributed by atoms with Crippen LogP contribution in [0.5, 0.6) is 0 Å². The fourth-order valence-electron chi connectivity index (χ4n) is 0. The molecule has 0 saturated heterocycles. The Kier molecular flexibility index (Phi) is 295. The summed E-state index contributed by atoms with van der Waals surface area (Å²) in [6.45, 7) is 0. The fraction of sp³-hybridized carbons (Fsp3) is 0. The van der Waals surface area contributed by atoms with Crippen molar-refractivity contribution in [3.63, 3.8) is 0 Å². The first-order valence-corrected chi connectivity index (χ1v) is 1.20. The van der Waals surface area contributed by atoms with E-state index in [2.05, 4.69) is 0 Å². The minimum atomic E-state index is 0. The van der Waals surface area contributed by atoms with E-state index in [1.54, 1.807) is 0 Å². The second kappa shape index (κ2) is 92.3. The molecule has 0 aliphatic rings. The molecule has 0 N–H and O–H groups in total. The van der Waals surface area contributed by atoms with Gasteiger partial charge in [-0.3, -0.25) is 14.7 Å². The minimum absolute atomic E-state index is 0. The third kappa shape index (κ3) is 1250. The van der Waals surface area contributed by atoms with Crippen LogP contribution in [0.25, 0.3) is 47.9 Å². The number of hydrogen-bond acceptors (Lipinski definition) is 0. The summed E-state index contributed by atoms with van der Waals surface area (Å²) in [5.74, 6) is 0. The van der Waals surface area contributed by atoms with Gasteiger partial charge in [-0.2, -0.15) is 0 Å². The molecule has 0 aromatic rings. The number of nitrogens with zero attached hydrogens (tertiary/aromatic N) is 9. The van der Waals surface area contributed by atoms with Crippen LogP contribution in [-0.2, 0) is 0 Å². The van der Waals surface area contributed by atoms with E-state index in [0.717, 1.165) is 0 Å². The van der Waals surface area contributed by atoms with E-state index in [1.807, 2.05) is 0 Å². The molecule has 12 heteroatoms. The van der Waals surface area contributed by atoms with Crippen molar-refractivity contribution in [1.29, 1.82) is 0 Å². The molecule has 0 saturated carbocycles. The first kappa shape index (κ1) is 38.3. The predicted molar refractivity (Wildman–Crippen MR) is 30.2 cm³/mol. The maximum atomic E-state index is 6.75. The van der Waals surface area contributed by atoms with Gasteiger partial charge in [-0.25, -0.2) is 0 Å². The Morgan fingerprint density at radius 3 is 0.417 bits per heavy atom. The monoisotopic (exact) mass is 195 g/mol. The van der Waals surface area contributed by atoms with E-state index in [9.17, 15) is 0 Å². The molecule has 0 amide bonds. The van der Waals surface area contributed by atoms with Crippen LogP contribution in [0, 0.1) is 0 Å². The summed E-state index contributed by atoms with van der Waals surface area (Å²) in [6, 6.07) is 0. The van der Waals surface area contributed by atoms with Crippen molar-refractivity contribution in [3.8, 4) is 0 Å². The summed E-state index contributed by atoms with van der Waals surface area (Å²) in [7, 11) is 0. The van der Waals surface area contributed by atoms with E-state index >= 15 is 0 Å². The molecule has 0 unspecified atom stereocenters. The Hall–Kier alpha value is 0.930. The van der Waals surface area contributed by atoms with Gasteiger partial charge in [-0.05, 0) is 0 Å². The van der Waals surface area contributed by atoms with Gasteiger partial charge in [0.2, 0.25) is 0 Å². The van der Waals surface area contributed by atoms with Gasteiger partial charge in [-0.1, -0.05) is 0 Å². The zero-order chi connectivity index (χ0) is 8.12. The van der Waals surface area contributed by atoms with Gasteiger partial charge in [0.25, 0.3) is 0 Å². The molecule has 0 aromatic heterocycles. The molecule has 0 radical (unpaired) electrons. The average molecular weight is 195 g/mol. The Morgan fingerprint density at radius 2 is 0.417 bits per heavy atom. The second-order valence-corrected chi connectivity index (χ2v) is 0.268. The van der Waals surface area contributed by atoms with Gasteiger partial charge in [0.15, 0.2) is 0 Å². The van der Waals surface area contributed by atoms with Gasteiger partial charge < -0.3 is 33.2 Å². The smallest absolute Gasteiger partial charge is 0.373 e. The maximum absolute atomic E-state index is 6.75. The Balaban J connectivity index is -0.00000001000. The van der Waals surface area contributed by atoms with Crippen molar-refractivity contribution in [2.75, 3.05) is 0 Å². The van der Waals surface area contributed by atoms with Gasteiger partial charge in [-0.15, -0.1) is 0 Å². The third-order valence-corrected chi connectivity index (χ3v) is 0. The molecule has 0 bridgehead atoms. The molecule has 0 rings (SSSR count). The minimum Gasteiger partial charge on any atom is -0.373 e. The van der Waals surface area contributed by atoms with E-state index < -0.39 is 0 Å². The molecule has 0 aliphatic carbocycles. The third-order valence-electron chi connectivity index (χ3n) is 0. The molecule has 48 valence electrons. The molecule has 0 aliphatic heterocycles. The summed E-state index contributed by atoms with van der Waals surface area (Å²) in [5, 5.41) is 0. The van der Waals surface area contributed by atoms with Crippen LogP contribution in [0.4, 0.5) is 0 Å². The van der Waals surface area contributed by atoms with E-state index in [4.69, 9.17) is 33.2 Å². The first-order chi connectivity index (χ1) is 4.24. The van der Waals surface area contributed by atoms with E-state index in [1.165, 1.54) is 14.7 Å². The zero-order valence-corrected chi connectivity index (χ0v) is 13.0. The van der Waals surface area contributed by atoms with Crippen molar-refractivity contribution in [2.45, 2.75) is 0 Å². The molecule has 0 heterocycles. The van der Waals surface area contributed by atoms with Crippen LogP contribution < -0.4 is 88.7 Å². The van der Waals surface area contributed by atoms with Crippen molar-refractivity contribution in [3.05, 3.63) is 47.9 Å². The molecule has 0 fully saturated rings. The van der Waals surface area contributed by atoms with E-state index in [-0.39, 0.29) is 88.7 Å². The van der Waals surface area contributed by atoms with Gasteiger partial charge in [0, 0.05) is 0 Å². The van der Waals surface area contributed by atoms with Crippen molar-refractivity contribution < 1.29 is 88.7 Å². The average Bonchev–Trinajstić information content (AvgIpc) is 1.70. The SMILES string of the molecule is [N-]=[N+]=[N-].[N-]=[N+]=[N-].[N-]=[N+]=[N-].[Na+].[Na+].[Na+]. The summed E-state index contributed by atoms with van der Waals surface area (Å²) in [6.07, 6.45) is 0. The standard InChI is InChI=1S/3N3.3Na/c3*1-3-2;;;/q3*-1;3*+1. The Bertz CT molecular complexity index is 101. The van der Waals surface area contributed by atoms with Crippen LogP contribution in [0.3, 0.4) is 0 Å². The van der Waals surface area contributed by atoms with Crippen LogP contribution in [0.15, 0.2) is 0 Å². The first-order valence-electron chi connectivity index (χ1n) is 1.20. The number of rotatable bonds is 0. The van der Waals surface area contributed by atoms with Gasteiger partial charge >= 0.3 is 88.7 Å². The van der Waals surface area contributed by atoms with Crippen molar-refractivity contribution >= 4 is 0 Å². The van der Waals surface area contributed by atoms with Crippen LogP contribution in [-0.4, -0.2) is 0 Å². The summed E-state index contributed by atoms with van der Waals surface area (Å²) in [5.41, 5.74) is 40.5. The summed E-state index contributed by atoms with van der Waals surface area (Å²) >= 11 is 0. The quantitative estimate of drug-likeness (QED) is 0.154. The molecular formula is N9Na3. The fourth-order valence-corrected chi connectivity index (χ4v) is 0. The zero-order valence-electron chi connectivity index (χ0n) is 7.02. The van der Waals surface area contributed by atoms with Gasteiger partial charge in [0.1, 0.15) is 0 Å². The number of hydrogen-bond donors (Lipinski definition) is 0. The molecular weight excluding hydrogens is 195 g/mol. The molecule has 12 heavy (non-hydrogen) atoms. The van der Waals surface area contributed by atoms with Crippen LogP contribution in [0.1, 0.15) is 0 Å². The summed E-state index contributed by atoms with van der Waals surface area (Å²) < 4.78 is 0. The molecule has 0 spiro atoms. The molecule has 0 atom stereocenters. The molecule has 0 aromatic carbocycles. The van der Waals surface area contributed by atoms with Gasteiger partial charge in [0.05, 0.1) is 0 Å². The van der Waals surface area contributed by atoms with Crippen molar-refractivity contribution in [1.82, 2.24) is 0 Å². The Morgan fingerprint density at radius 1 is 0.417 bits per heavy atom. The molecule has 9 nitrogen and oxygen atoms in total. The normalized spacial score (nSPS) is 2.00. The second-order valence-electron chi connectivity index (χ2n) is 0.268. The van der Waals surface area contributed by atoms with Crippen LogP contribution >= 0.6 is 0 Å². The largest absolute Gasteiger partial charge is 1.00 e. The maximum Gasteiger partial charge on any atom is 1.00 e. The topological polar surface area (TPSA) is 176 Å². The predicted octanol–water partition coefficient (Wildman–Crippen LogP) is -6.39. The van der Waals surface area contributed by atoms with Crippen molar-refractivity contribution in [2.24, 2.45) is 0 Å². The summed E-state index contributed by atoms with van der Waals surface area (Å²) in [4.78, 5) is 4.50. The Labute approximate surface area is 134 Å². The van der Waals surface area contributed by atoms with Crippen LogP contribution in [0.2, 0.25) is 0 Å².